The largest absolute Gasteiger partial charge is 0.465 e. The van der Waals surface area contributed by atoms with Gasteiger partial charge in [-0.05, 0) is 36.7 Å². The SMILES string of the molecule is CCOC(=O)CN(CC)Cc1nnnn1C1CC1. The fourth-order valence-corrected chi connectivity index (χ4v) is 1.79. The molecule has 7 nitrogen and oxygen atoms in total. The molecule has 1 saturated carbocycles. The van der Waals surface area contributed by atoms with Crippen molar-refractivity contribution < 1.29 is 9.53 Å². The van der Waals surface area contributed by atoms with Gasteiger partial charge in [-0.1, -0.05) is 6.92 Å². The van der Waals surface area contributed by atoms with Crippen molar-refractivity contribution >= 4 is 5.97 Å². The second kappa shape index (κ2) is 5.90. The molecule has 0 atom stereocenters. The molecule has 100 valence electrons. The molecule has 1 fully saturated rings. The highest BCUT2D eigenvalue weighted by atomic mass is 16.5. The van der Waals surface area contributed by atoms with Crippen LogP contribution >= 0.6 is 0 Å². The summed E-state index contributed by atoms with van der Waals surface area (Å²) in [4.78, 5) is 13.4. The second-order valence-electron chi connectivity index (χ2n) is 4.38. The van der Waals surface area contributed by atoms with Crippen LogP contribution in [0.2, 0.25) is 0 Å². The molecule has 0 aromatic carbocycles. The zero-order valence-corrected chi connectivity index (χ0v) is 10.9. The van der Waals surface area contributed by atoms with Crippen LogP contribution in [-0.4, -0.2) is 50.8 Å². The van der Waals surface area contributed by atoms with Crippen LogP contribution in [0.1, 0.15) is 38.6 Å². The maximum absolute atomic E-state index is 11.4. The summed E-state index contributed by atoms with van der Waals surface area (Å²) >= 11 is 0. The van der Waals surface area contributed by atoms with Crippen LogP contribution in [0.4, 0.5) is 0 Å². The number of nitrogens with zero attached hydrogens (tertiary/aromatic N) is 5. The lowest BCUT2D eigenvalue weighted by atomic mass is 10.4. The fraction of sp³-hybridized carbons (Fsp3) is 0.818. The van der Waals surface area contributed by atoms with Crippen LogP contribution in [0.25, 0.3) is 0 Å². The summed E-state index contributed by atoms with van der Waals surface area (Å²) in [5.74, 6) is 0.619. The molecule has 7 heteroatoms. The Morgan fingerprint density at radius 1 is 1.50 bits per heavy atom. The molecule has 0 amide bonds. The van der Waals surface area contributed by atoms with E-state index in [4.69, 9.17) is 4.74 Å². The minimum absolute atomic E-state index is 0.204. The van der Waals surface area contributed by atoms with E-state index in [1.165, 1.54) is 0 Å². The number of carbonyl (C=O) groups is 1. The van der Waals surface area contributed by atoms with E-state index < -0.39 is 0 Å². The summed E-state index contributed by atoms with van der Waals surface area (Å²) in [6.07, 6.45) is 2.28. The fourth-order valence-electron chi connectivity index (χ4n) is 1.79. The van der Waals surface area contributed by atoms with Gasteiger partial charge in [0.1, 0.15) is 0 Å². The summed E-state index contributed by atoms with van der Waals surface area (Å²) in [5.41, 5.74) is 0. The Morgan fingerprint density at radius 2 is 2.28 bits per heavy atom. The number of likely N-dealkylation sites (N-methyl/N-ethyl adjacent to an activating group) is 1. The van der Waals surface area contributed by atoms with E-state index >= 15 is 0 Å². The molecule has 1 aromatic heterocycles. The van der Waals surface area contributed by atoms with Gasteiger partial charge < -0.3 is 4.74 Å². The van der Waals surface area contributed by atoms with Crippen molar-refractivity contribution in [3.05, 3.63) is 5.82 Å². The average Bonchev–Trinajstić information content (AvgIpc) is 3.09. The Morgan fingerprint density at radius 3 is 2.89 bits per heavy atom. The summed E-state index contributed by atoms with van der Waals surface area (Å²) in [5, 5.41) is 11.7. The van der Waals surface area contributed by atoms with Crippen LogP contribution in [-0.2, 0) is 16.1 Å². The molecule has 1 aliphatic carbocycles. The number of ether oxygens (including phenoxy) is 1. The number of tetrazole rings is 1. The van der Waals surface area contributed by atoms with E-state index in [-0.39, 0.29) is 12.5 Å². The first-order valence-electron chi connectivity index (χ1n) is 6.39. The molecule has 0 aliphatic heterocycles. The van der Waals surface area contributed by atoms with Gasteiger partial charge in [0.15, 0.2) is 5.82 Å². The summed E-state index contributed by atoms with van der Waals surface area (Å²) in [6.45, 7) is 5.85. The first-order valence-corrected chi connectivity index (χ1v) is 6.39. The van der Waals surface area contributed by atoms with Crippen LogP contribution in [0.5, 0.6) is 0 Å². The van der Waals surface area contributed by atoms with E-state index in [0.29, 0.717) is 19.2 Å². The van der Waals surface area contributed by atoms with Gasteiger partial charge in [-0.3, -0.25) is 9.69 Å². The number of esters is 1. The molecular formula is C11H19N5O2. The first kappa shape index (κ1) is 12.9. The van der Waals surface area contributed by atoms with Gasteiger partial charge in [-0.15, -0.1) is 5.10 Å². The summed E-state index contributed by atoms with van der Waals surface area (Å²) in [6, 6.07) is 0.455. The van der Waals surface area contributed by atoms with Crippen LogP contribution in [0.3, 0.4) is 0 Å². The van der Waals surface area contributed by atoms with Gasteiger partial charge in [0.25, 0.3) is 0 Å². The van der Waals surface area contributed by atoms with Crippen LogP contribution in [0.15, 0.2) is 0 Å². The van der Waals surface area contributed by atoms with Gasteiger partial charge in [0.2, 0.25) is 0 Å². The van der Waals surface area contributed by atoms with Gasteiger partial charge in [-0.25, -0.2) is 4.68 Å². The van der Waals surface area contributed by atoms with E-state index in [0.717, 1.165) is 25.2 Å². The summed E-state index contributed by atoms with van der Waals surface area (Å²) < 4.78 is 6.81. The van der Waals surface area contributed by atoms with Crippen LogP contribution in [0, 0.1) is 0 Å². The second-order valence-corrected chi connectivity index (χ2v) is 4.38. The van der Waals surface area contributed by atoms with Gasteiger partial charge in [-0.2, -0.15) is 0 Å². The third-order valence-corrected chi connectivity index (χ3v) is 2.92. The smallest absolute Gasteiger partial charge is 0.320 e. The highest BCUT2D eigenvalue weighted by Crippen LogP contribution is 2.34. The van der Waals surface area contributed by atoms with Crippen molar-refractivity contribution in [2.75, 3.05) is 19.7 Å². The van der Waals surface area contributed by atoms with Gasteiger partial charge in [0.05, 0.1) is 25.7 Å². The Bertz CT molecular complexity index is 402. The molecule has 1 aromatic rings. The van der Waals surface area contributed by atoms with Crippen molar-refractivity contribution in [1.82, 2.24) is 25.1 Å². The van der Waals surface area contributed by atoms with E-state index in [1.54, 1.807) is 0 Å². The maximum atomic E-state index is 11.4. The minimum atomic E-state index is -0.204. The number of rotatable bonds is 7. The normalized spacial score (nSPS) is 15.1. The zero-order chi connectivity index (χ0) is 13.0. The molecule has 0 saturated heterocycles. The number of hydrogen-bond acceptors (Lipinski definition) is 6. The Hall–Kier alpha value is -1.50. The first-order chi connectivity index (χ1) is 8.74. The highest BCUT2D eigenvalue weighted by molar-refractivity contribution is 5.71. The van der Waals surface area contributed by atoms with Crippen molar-refractivity contribution in [1.29, 1.82) is 0 Å². The van der Waals surface area contributed by atoms with Gasteiger partial charge in [0, 0.05) is 0 Å². The highest BCUT2D eigenvalue weighted by Gasteiger charge is 2.28. The molecule has 0 bridgehead atoms. The maximum Gasteiger partial charge on any atom is 0.320 e. The molecule has 1 aliphatic rings. The molecule has 18 heavy (non-hydrogen) atoms. The Balaban J connectivity index is 1.92. The lowest BCUT2D eigenvalue weighted by Crippen LogP contribution is -2.31. The molecule has 0 unspecified atom stereocenters. The van der Waals surface area contributed by atoms with Crippen LogP contribution < -0.4 is 0 Å². The Kier molecular flexibility index (Phi) is 4.24. The van der Waals surface area contributed by atoms with Crippen molar-refractivity contribution in [2.45, 2.75) is 39.3 Å². The predicted molar refractivity (Wildman–Crippen MR) is 63.7 cm³/mol. The average molecular weight is 253 g/mol. The molecular weight excluding hydrogens is 234 g/mol. The quantitative estimate of drug-likeness (QED) is 0.655. The molecule has 0 N–H and O–H groups in total. The minimum Gasteiger partial charge on any atom is -0.465 e. The standard InChI is InChI=1S/C11H19N5O2/c1-3-15(8-11(17)18-4-2)7-10-12-13-14-16(10)9-5-6-9/h9H,3-8H2,1-2H3. The van der Waals surface area contributed by atoms with E-state index in [2.05, 4.69) is 15.5 Å². The van der Waals surface area contributed by atoms with Crippen molar-refractivity contribution in [2.24, 2.45) is 0 Å². The monoisotopic (exact) mass is 253 g/mol. The zero-order valence-electron chi connectivity index (χ0n) is 10.9. The lowest BCUT2D eigenvalue weighted by molar-refractivity contribution is -0.144. The molecule has 2 rings (SSSR count). The molecule has 0 radical (unpaired) electrons. The number of hydrogen-bond donors (Lipinski definition) is 0. The number of aromatic nitrogens is 4. The van der Waals surface area contributed by atoms with E-state index in [1.807, 2.05) is 23.4 Å². The van der Waals surface area contributed by atoms with Crippen molar-refractivity contribution in [3.8, 4) is 0 Å². The molecule has 0 spiro atoms. The third kappa shape index (κ3) is 3.25. The van der Waals surface area contributed by atoms with Gasteiger partial charge >= 0.3 is 5.97 Å². The number of carbonyl (C=O) groups excluding carboxylic acids is 1. The predicted octanol–water partition coefficient (Wildman–Crippen LogP) is 0.393. The van der Waals surface area contributed by atoms with E-state index in [9.17, 15) is 4.79 Å². The van der Waals surface area contributed by atoms with Crippen molar-refractivity contribution in [3.63, 3.8) is 0 Å². The molecule has 1 heterocycles. The lowest BCUT2D eigenvalue weighted by Gasteiger charge is -2.18. The summed E-state index contributed by atoms with van der Waals surface area (Å²) in [7, 11) is 0. The Labute approximate surface area is 106 Å². The topological polar surface area (TPSA) is 73.1 Å². The third-order valence-electron chi connectivity index (χ3n) is 2.92.